The molecule has 0 spiro atoms. The number of aromatic amines is 1. The van der Waals surface area contributed by atoms with E-state index in [1.807, 2.05) is 30.3 Å². The van der Waals surface area contributed by atoms with E-state index in [0.29, 0.717) is 18.6 Å². The van der Waals surface area contributed by atoms with Crippen LogP contribution in [0.1, 0.15) is 5.56 Å². The zero-order chi connectivity index (χ0) is 17.6. The van der Waals surface area contributed by atoms with Crippen molar-refractivity contribution in [1.82, 2.24) is 9.97 Å². The van der Waals surface area contributed by atoms with E-state index in [2.05, 4.69) is 9.97 Å². The molecule has 5 nitrogen and oxygen atoms in total. The van der Waals surface area contributed by atoms with Crippen molar-refractivity contribution in [3.63, 3.8) is 0 Å². The SMILES string of the molecule is O=C1N(c2ccccc2)CCN1c1nc2ccc(C(F)(F)F)cc2[nH]1. The molecule has 0 bridgehead atoms. The normalized spacial score (nSPS) is 15.4. The van der Waals surface area contributed by atoms with Gasteiger partial charge >= 0.3 is 12.2 Å². The third-order valence-corrected chi connectivity index (χ3v) is 4.13. The second-order valence-electron chi connectivity index (χ2n) is 5.71. The number of benzene rings is 2. The summed E-state index contributed by atoms with van der Waals surface area (Å²) in [7, 11) is 0. The first kappa shape index (κ1) is 15.5. The molecule has 8 heteroatoms. The van der Waals surface area contributed by atoms with Crippen molar-refractivity contribution < 1.29 is 18.0 Å². The number of rotatable bonds is 2. The minimum Gasteiger partial charge on any atom is -0.324 e. The first-order valence-electron chi connectivity index (χ1n) is 7.64. The van der Waals surface area contributed by atoms with E-state index in [9.17, 15) is 18.0 Å². The predicted octanol–water partition coefficient (Wildman–Crippen LogP) is 4.03. The summed E-state index contributed by atoms with van der Waals surface area (Å²) < 4.78 is 38.5. The topological polar surface area (TPSA) is 52.2 Å². The smallest absolute Gasteiger partial charge is 0.324 e. The second-order valence-corrected chi connectivity index (χ2v) is 5.71. The van der Waals surface area contributed by atoms with E-state index in [1.54, 1.807) is 4.90 Å². The summed E-state index contributed by atoms with van der Waals surface area (Å²) in [4.78, 5) is 22.7. The highest BCUT2D eigenvalue weighted by molar-refractivity contribution is 6.05. The van der Waals surface area contributed by atoms with Crippen LogP contribution in [0.2, 0.25) is 0 Å². The fraction of sp³-hybridized carbons (Fsp3) is 0.176. The van der Waals surface area contributed by atoms with Crippen LogP contribution in [0.4, 0.5) is 29.6 Å². The van der Waals surface area contributed by atoms with E-state index < -0.39 is 11.7 Å². The van der Waals surface area contributed by atoms with Gasteiger partial charge in [-0.1, -0.05) is 18.2 Å². The van der Waals surface area contributed by atoms with Crippen molar-refractivity contribution in [2.75, 3.05) is 22.9 Å². The number of aromatic nitrogens is 2. The fourth-order valence-electron chi connectivity index (χ4n) is 2.88. The summed E-state index contributed by atoms with van der Waals surface area (Å²) in [6.45, 7) is 0.882. The summed E-state index contributed by atoms with van der Waals surface area (Å²) in [5, 5.41) is 0. The molecule has 2 amide bonds. The molecule has 0 atom stereocenters. The standard InChI is InChI=1S/C17H13F3N4O/c18-17(19,20)11-6-7-13-14(10-11)22-15(21-13)24-9-8-23(16(24)25)12-4-2-1-3-5-12/h1-7,10H,8-9H2,(H,21,22). The number of anilines is 2. The molecule has 25 heavy (non-hydrogen) atoms. The maximum Gasteiger partial charge on any atom is 0.416 e. The maximum absolute atomic E-state index is 12.8. The molecule has 3 aromatic rings. The van der Waals surface area contributed by atoms with Gasteiger partial charge in [-0.05, 0) is 30.3 Å². The molecule has 0 aliphatic carbocycles. The Hall–Kier alpha value is -3.03. The minimum absolute atomic E-state index is 0.246. The average Bonchev–Trinajstić information content (AvgIpc) is 3.17. The number of H-pyrrole nitrogens is 1. The largest absolute Gasteiger partial charge is 0.416 e. The monoisotopic (exact) mass is 346 g/mol. The zero-order valence-electron chi connectivity index (χ0n) is 12.9. The van der Waals surface area contributed by atoms with E-state index in [0.717, 1.165) is 17.8 Å². The number of imidazole rings is 1. The van der Waals surface area contributed by atoms with Gasteiger partial charge in [0.1, 0.15) is 0 Å². The number of halogens is 3. The van der Waals surface area contributed by atoms with Crippen LogP contribution < -0.4 is 9.80 Å². The van der Waals surface area contributed by atoms with Crippen molar-refractivity contribution >= 4 is 28.7 Å². The van der Waals surface area contributed by atoms with Gasteiger partial charge in [-0.3, -0.25) is 9.80 Å². The maximum atomic E-state index is 12.8. The van der Waals surface area contributed by atoms with Crippen LogP contribution in [0, 0.1) is 0 Å². The summed E-state index contributed by atoms with van der Waals surface area (Å²) in [5.74, 6) is 0.248. The Morgan fingerprint density at radius 2 is 1.72 bits per heavy atom. The van der Waals surface area contributed by atoms with Gasteiger partial charge in [0.25, 0.3) is 0 Å². The van der Waals surface area contributed by atoms with Crippen LogP contribution in [0.3, 0.4) is 0 Å². The molecule has 1 aromatic heterocycles. The van der Waals surface area contributed by atoms with Gasteiger partial charge < -0.3 is 4.98 Å². The van der Waals surface area contributed by atoms with E-state index in [-0.39, 0.29) is 17.5 Å². The number of fused-ring (bicyclic) bond motifs is 1. The average molecular weight is 346 g/mol. The Morgan fingerprint density at radius 1 is 1.00 bits per heavy atom. The molecule has 1 aliphatic rings. The highest BCUT2D eigenvalue weighted by atomic mass is 19.4. The van der Waals surface area contributed by atoms with E-state index >= 15 is 0 Å². The zero-order valence-corrected chi connectivity index (χ0v) is 12.9. The molecule has 0 saturated carbocycles. The van der Waals surface area contributed by atoms with Gasteiger partial charge in [-0.2, -0.15) is 13.2 Å². The summed E-state index contributed by atoms with van der Waals surface area (Å²) in [6, 6.07) is 12.2. The van der Waals surface area contributed by atoms with Crippen molar-refractivity contribution in [2.24, 2.45) is 0 Å². The molecule has 1 fully saturated rings. The first-order chi connectivity index (χ1) is 11.9. The summed E-state index contributed by atoms with van der Waals surface area (Å²) in [6.07, 6.45) is -4.42. The Labute approximate surface area is 140 Å². The van der Waals surface area contributed by atoms with Crippen molar-refractivity contribution in [3.8, 4) is 0 Å². The van der Waals surface area contributed by atoms with Crippen LogP contribution in [0.5, 0.6) is 0 Å². The predicted molar refractivity (Wildman–Crippen MR) is 87.6 cm³/mol. The lowest BCUT2D eigenvalue weighted by molar-refractivity contribution is -0.137. The number of alkyl halides is 3. The molecule has 1 N–H and O–H groups in total. The Morgan fingerprint density at radius 3 is 2.44 bits per heavy atom. The lowest BCUT2D eigenvalue weighted by atomic mass is 10.2. The number of nitrogens with zero attached hydrogens (tertiary/aromatic N) is 3. The van der Waals surface area contributed by atoms with Gasteiger partial charge in [0.05, 0.1) is 16.6 Å². The Kier molecular flexibility index (Phi) is 3.41. The number of nitrogens with one attached hydrogen (secondary N) is 1. The van der Waals surface area contributed by atoms with Gasteiger partial charge in [-0.25, -0.2) is 9.78 Å². The molecular formula is C17H13F3N4O. The number of carbonyl (C=O) groups excluding carboxylic acids is 1. The van der Waals surface area contributed by atoms with Gasteiger partial charge in [0.15, 0.2) is 0 Å². The lowest BCUT2D eigenvalue weighted by Crippen LogP contribution is -2.32. The fourth-order valence-corrected chi connectivity index (χ4v) is 2.88. The van der Waals surface area contributed by atoms with Crippen molar-refractivity contribution in [1.29, 1.82) is 0 Å². The third kappa shape index (κ3) is 2.69. The minimum atomic E-state index is -4.42. The molecule has 128 valence electrons. The number of hydrogen-bond acceptors (Lipinski definition) is 2. The van der Waals surface area contributed by atoms with E-state index in [4.69, 9.17) is 0 Å². The highest BCUT2D eigenvalue weighted by Crippen LogP contribution is 2.32. The molecule has 0 radical (unpaired) electrons. The molecular weight excluding hydrogens is 333 g/mol. The Balaban J connectivity index is 1.65. The Bertz CT molecular complexity index is 936. The lowest BCUT2D eigenvalue weighted by Gasteiger charge is -2.16. The third-order valence-electron chi connectivity index (χ3n) is 4.13. The van der Waals surface area contributed by atoms with Gasteiger partial charge in [-0.15, -0.1) is 0 Å². The number of para-hydroxylation sites is 1. The molecule has 4 rings (SSSR count). The van der Waals surface area contributed by atoms with Crippen LogP contribution in [0.25, 0.3) is 11.0 Å². The van der Waals surface area contributed by atoms with Crippen LogP contribution in [0.15, 0.2) is 48.5 Å². The molecule has 0 unspecified atom stereocenters. The number of urea groups is 1. The summed E-state index contributed by atoms with van der Waals surface area (Å²) >= 11 is 0. The van der Waals surface area contributed by atoms with Gasteiger partial charge in [0, 0.05) is 18.8 Å². The number of amides is 2. The second kappa shape index (κ2) is 5.51. The van der Waals surface area contributed by atoms with Crippen molar-refractivity contribution in [2.45, 2.75) is 6.18 Å². The van der Waals surface area contributed by atoms with Crippen LogP contribution in [-0.4, -0.2) is 29.1 Å². The number of hydrogen-bond donors (Lipinski definition) is 1. The molecule has 1 saturated heterocycles. The number of carbonyl (C=O) groups is 1. The molecule has 2 aromatic carbocycles. The molecule has 2 heterocycles. The van der Waals surface area contributed by atoms with Gasteiger partial charge in [0.2, 0.25) is 5.95 Å². The van der Waals surface area contributed by atoms with Crippen LogP contribution >= 0.6 is 0 Å². The van der Waals surface area contributed by atoms with Crippen LogP contribution in [-0.2, 0) is 6.18 Å². The first-order valence-corrected chi connectivity index (χ1v) is 7.64. The summed E-state index contributed by atoms with van der Waals surface area (Å²) in [5.41, 5.74) is 0.643. The molecule has 1 aliphatic heterocycles. The van der Waals surface area contributed by atoms with Crippen molar-refractivity contribution in [3.05, 3.63) is 54.1 Å². The van der Waals surface area contributed by atoms with E-state index in [1.165, 1.54) is 11.0 Å². The highest BCUT2D eigenvalue weighted by Gasteiger charge is 2.33. The quantitative estimate of drug-likeness (QED) is 0.762.